The Kier molecular flexibility index (Phi) is 5.24. The molecule has 0 aliphatic heterocycles. The van der Waals surface area contributed by atoms with Gasteiger partial charge in [-0.2, -0.15) is 0 Å². The molecule has 0 spiro atoms. The van der Waals surface area contributed by atoms with E-state index >= 15 is 0 Å². The number of hydrogen-bond donors (Lipinski definition) is 0. The predicted molar refractivity (Wildman–Crippen MR) is 97.2 cm³/mol. The lowest BCUT2D eigenvalue weighted by atomic mass is 9.47. The Morgan fingerprint density at radius 3 is 2.26 bits per heavy atom. The topological polar surface area (TPSA) is 17.1 Å². The predicted octanol–water partition coefficient (Wildman–Crippen LogP) is 6.26. The maximum atomic E-state index is 12.0. The lowest BCUT2D eigenvalue weighted by Crippen LogP contribution is -2.50. The number of rotatable bonds is 1. The summed E-state index contributed by atoms with van der Waals surface area (Å²) in [5.41, 5.74) is 0.653. The van der Waals surface area contributed by atoms with Crippen LogP contribution in [0.5, 0.6) is 0 Å². The first-order valence-electron chi connectivity index (χ1n) is 10.6. The molecule has 1 nitrogen and oxygen atoms in total. The van der Waals surface area contributed by atoms with Crippen molar-refractivity contribution in [2.24, 2.45) is 40.9 Å². The van der Waals surface area contributed by atoms with Gasteiger partial charge in [-0.1, -0.05) is 33.6 Å². The molecule has 1 heteroatoms. The van der Waals surface area contributed by atoms with Gasteiger partial charge in [0.25, 0.3) is 0 Å². The SMILES string of the molecule is CC.CC(=O)C1CCC2C1CCC1C2CCC2CCCCC21C. The summed E-state index contributed by atoms with van der Waals surface area (Å²) in [5, 5.41) is 0. The van der Waals surface area contributed by atoms with Gasteiger partial charge in [-0.25, -0.2) is 0 Å². The molecule has 0 aromatic carbocycles. The van der Waals surface area contributed by atoms with Gasteiger partial charge in [-0.15, -0.1) is 0 Å². The lowest BCUT2D eigenvalue weighted by molar-refractivity contribution is -0.124. The number of carbonyl (C=O) groups is 1. The Morgan fingerprint density at radius 2 is 1.52 bits per heavy atom. The Morgan fingerprint density at radius 1 is 0.826 bits per heavy atom. The van der Waals surface area contributed by atoms with Crippen molar-refractivity contribution in [3.8, 4) is 0 Å². The van der Waals surface area contributed by atoms with Gasteiger partial charge in [0.15, 0.2) is 0 Å². The number of fused-ring (bicyclic) bond motifs is 5. The summed E-state index contributed by atoms with van der Waals surface area (Å²) in [5.74, 6) is 5.54. The largest absolute Gasteiger partial charge is 0.300 e. The standard InChI is InChI=1S/C20H32O.C2H6/c1-13(21)15-8-9-17-16(15)10-11-19-18(17)7-6-14-5-3-4-12-20(14,19)2;1-2/h14-19H,3-12H2,1-2H3;1-2H3. The summed E-state index contributed by atoms with van der Waals surface area (Å²) >= 11 is 0. The van der Waals surface area contributed by atoms with Crippen LogP contribution >= 0.6 is 0 Å². The highest BCUT2D eigenvalue weighted by molar-refractivity contribution is 5.79. The molecule has 4 aliphatic carbocycles. The van der Waals surface area contributed by atoms with Crippen molar-refractivity contribution >= 4 is 5.78 Å². The van der Waals surface area contributed by atoms with Crippen molar-refractivity contribution < 1.29 is 4.79 Å². The molecular weight excluding hydrogens is 280 g/mol. The Bertz CT molecular complexity index is 428. The van der Waals surface area contributed by atoms with Gasteiger partial charge in [0.2, 0.25) is 0 Å². The summed E-state index contributed by atoms with van der Waals surface area (Å²) in [7, 11) is 0. The van der Waals surface area contributed by atoms with Gasteiger partial charge in [0, 0.05) is 5.92 Å². The molecule has 0 aromatic rings. The molecule has 4 fully saturated rings. The second-order valence-electron chi connectivity index (χ2n) is 9.00. The molecule has 0 saturated heterocycles. The highest BCUT2D eigenvalue weighted by Gasteiger charge is 2.55. The van der Waals surface area contributed by atoms with E-state index in [0.29, 0.717) is 17.1 Å². The summed E-state index contributed by atoms with van der Waals surface area (Å²) < 4.78 is 0. The molecule has 0 N–H and O–H groups in total. The third-order valence-corrected chi connectivity index (χ3v) is 8.42. The maximum absolute atomic E-state index is 12.0. The van der Waals surface area contributed by atoms with Crippen LogP contribution in [0.25, 0.3) is 0 Å². The molecular formula is C22H38O. The third kappa shape index (κ3) is 2.81. The normalized spacial score (nSPS) is 48.3. The van der Waals surface area contributed by atoms with Gasteiger partial charge in [0.05, 0.1) is 0 Å². The van der Waals surface area contributed by atoms with Crippen molar-refractivity contribution in [3.63, 3.8) is 0 Å². The van der Waals surface area contributed by atoms with E-state index in [0.717, 1.165) is 29.6 Å². The first kappa shape index (κ1) is 17.5. The summed E-state index contributed by atoms with van der Waals surface area (Å²) in [4.78, 5) is 12.0. The van der Waals surface area contributed by atoms with E-state index in [9.17, 15) is 4.79 Å². The van der Waals surface area contributed by atoms with E-state index in [-0.39, 0.29) is 0 Å². The van der Waals surface area contributed by atoms with Crippen LogP contribution in [-0.2, 0) is 4.79 Å². The molecule has 0 aromatic heterocycles. The first-order chi connectivity index (χ1) is 11.1. The highest BCUT2D eigenvalue weighted by atomic mass is 16.1. The van der Waals surface area contributed by atoms with Gasteiger partial charge in [-0.05, 0) is 93.3 Å². The van der Waals surface area contributed by atoms with Crippen LogP contribution in [0.1, 0.15) is 91.9 Å². The minimum Gasteiger partial charge on any atom is -0.300 e. The first-order valence-corrected chi connectivity index (χ1v) is 10.6. The molecule has 0 amide bonds. The second kappa shape index (κ2) is 6.89. The molecule has 0 heterocycles. The number of carbonyl (C=O) groups excluding carboxylic acids is 1. The molecule has 0 radical (unpaired) electrons. The van der Waals surface area contributed by atoms with Crippen LogP contribution < -0.4 is 0 Å². The molecule has 0 bridgehead atoms. The van der Waals surface area contributed by atoms with E-state index in [1.807, 2.05) is 20.8 Å². The summed E-state index contributed by atoms with van der Waals surface area (Å²) in [6.07, 6.45) is 14.3. The van der Waals surface area contributed by atoms with E-state index in [1.54, 1.807) is 0 Å². The molecule has 4 saturated carbocycles. The highest BCUT2D eigenvalue weighted by Crippen LogP contribution is 2.63. The quantitative estimate of drug-likeness (QED) is 0.557. The van der Waals surface area contributed by atoms with Gasteiger partial charge >= 0.3 is 0 Å². The monoisotopic (exact) mass is 318 g/mol. The molecule has 7 atom stereocenters. The van der Waals surface area contributed by atoms with Gasteiger partial charge in [-0.3, -0.25) is 4.79 Å². The van der Waals surface area contributed by atoms with E-state index < -0.39 is 0 Å². The zero-order chi connectivity index (χ0) is 16.6. The summed E-state index contributed by atoms with van der Waals surface area (Å²) in [6.45, 7) is 8.49. The number of Topliss-reactive ketones (excluding diaryl/α,β-unsaturated/α-hetero) is 1. The van der Waals surface area contributed by atoms with Crippen molar-refractivity contribution in [1.29, 1.82) is 0 Å². The van der Waals surface area contributed by atoms with Crippen LogP contribution in [0.3, 0.4) is 0 Å². The fraction of sp³-hybridized carbons (Fsp3) is 0.955. The number of ketones is 1. The third-order valence-electron chi connectivity index (χ3n) is 8.42. The smallest absolute Gasteiger partial charge is 0.133 e. The summed E-state index contributed by atoms with van der Waals surface area (Å²) in [6, 6.07) is 0. The van der Waals surface area contributed by atoms with E-state index in [4.69, 9.17) is 0 Å². The van der Waals surface area contributed by atoms with Crippen LogP contribution in [0.15, 0.2) is 0 Å². The Balaban J connectivity index is 0.000000753. The van der Waals surface area contributed by atoms with Crippen LogP contribution in [0.4, 0.5) is 0 Å². The minimum absolute atomic E-state index is 0.424. The molecule has 4 rings (SSSR count). The lowest BCUT2D eigenvalue weighted by Gasteiger charge is -2.58. The second-order valence-corrected chi connectivity index (χ2v) is 9.00. The van der Waals surface area contributed by atoms with Gasteiger partial charge in [0.1, 0.15) is 5.78 Å². The van der Waals surface area contributed by atoms with Crippen LogP contribution in [0.2, 0.25) is 0 Å². The van der Waals surface area contributed by atoms with Crippen LogP contribution in [-0.4, -0.2) is 5.78 Å². The fourth-order valence-corrected chi connectivity index (χ4v) is 7.45. The van der Waals surface area contributed by atoms with E-state index in [2.05, 4.69) is 6.92 Å². The molecule has 4 aliphatic rings. The zero-order valence-electron chi connectivity index (χ0n) is 15.9. The Labute approximate surface area is 144 Å². The Hall–Kier alpha value is -0.330. The van der Waals surface area contributed by atoms with Crippen LogP contribution in [0, 0.1) is 40.9 Å². The van der Waals surface area contributed by atoms with E-state index in [1.165, 1.54) is 64.2 Å². The van der Waals surface area contributed by atoms with Crippen molar-refractivity contribution in [3.05, 3.63) is 0 Å². The minimum atomic E-state index is 0.424. The van der Waals surface area contributed by atoms with Gasteiger partial charge < -0.3 is 0 Å². The van der Waals surface area contributed by atoms with Crippen molar-refractivity contribution in [2.75, 3.05) is 0 Å². The molecule has 7 unspecified atom stereocenters. The maximum Gasteiger partial charge on any atom is 0.133 e. The fourth-order valence-electron chi connectivity index (χ4n) is 7.45. The van der Waals surface area contributed by atoms with Crippen molar-refractivity contribution in [2.45, 2.75) is 91.9 Å². The zero-order valence-corrected chi connectivity index (χ0v) is 15.9. The average molecular weight is 319 g/mol. The molecule has 23 heavy (non-hydrogen) atoms. The van der Waals surface area contributed by atoms with Crippen molar-refractivity contribution in [1.82, 2.24) is 0 Å². The molecule has 132 valence electrons. The number of hydrogen-bond acceptors (Lipinski definition) is 1. The average Bonchev–Trinajstić information content (AvgIpc) is 3.00.